The van der Waals surface area contributed by atoms with Crippen LogP contribution in [-0.2, 0) is 14.8 Å². The monoisotopic (exact) mass is 424 g/mol. The molecule has 1 amide bonds. The number of Topliss-reactive ketones (excluding diaryl/α,β-unsaturated/α-hetero) is 1. The molecule has 6 nitrogen and oxygen atoms in total. The molecule has 0 saturated heterocycles. The van der Waals surface area contributed by atoms with E-state index in [1.54, 1.807) is 6.92 Å². The summed E-state index contributed by atoms with van der Waals surface area (Å²) >= 11 is 0. The van der Waals surface area contributed by atoms with Gasteiger partial charge in [-0.3, -0.25) is 9.59 Å². The lowest BCUT2D eigenvalue weighted by Gasteiger charge is -2.27. The molecule has 0 radical (unpaired) electrons. The Labute approximate surface area is 168 Å². The Bertz CT molecular complexity index is 1020. The van der Waals surface area contributed by atoms with Gasteiger partial charge in [0, 0.05) is 19.7 Å². The SMILES string of the molecule is CC(=O)c1ccc(S(=O)(=O)N(C)CC(=O)N(C)C(C)c2ccc(F)c(F)c2)cc1. The van der Waals surface area contributed by atoms with E-state index in [9.17, 15) is 26.8 Å². The molecule has 0 aliphatic carbocycles. The topological polar surface area (TPSA) is 74.8 Å². The molecule has 0 N–H and O–H groups in total. The van der Waals surface area contributed by atoms with Crippen molar-refractivity contribution < 1.29 is 26.8 Å². The summed E-state index contributed by atoms with van der Waals surface area (Å²) in [5, 5.41) is 0. The summed E-state index contributed by atoms with van der Waals surface area (Å²) in [5.74, 6) is -2.72. The van der Waals surface area contributed by atoms with E-state index in [1.807, 2.05) is 0 Å². The van der Waals surface area contributed by atoms with Crippen LogP contribution in [-0.4, -0.2) is 50.0 Å². The Kier molecular flexibility index (Phi) is 6.86. The molecule has 2 aromatic rings. The van der Waals surface area contributed by atoms with Crippen molar-refractivity contribution in [1.29, 1.82) is 0 Å². The maximum Gasteiger partial charge on any atom is 0.243 e. The number of sulfonamides is 1. The number of amides is 1. The molecule has 2 aromatic carbocycles. The van der Waals surface area contributed by atoms with Crippen molar-refractivity contribution in [3.63, 3.8) is 0 Å². The van der Waals surface area contributed by atoms with Crippen LogP contribution < -0.4 is 0 Å². The van der Waals surface area contributed by atoms with E-state index in [1.165, 1.54) is 56.3 Å². The fraction of sp³-hybridized carbons (Fsp3) is 0.300. The summed E-state index contributed by atoms with van der Waals surface area (Å²) in [6.45, 7) is 2.55. The van der Waals surface area contributed by atoms with E-state index in [0.29, 0.717) is 11.1 Å². The van der Waals surface area contributed by atoms with Crippen LogP contribution in [0.3, 0.4) is 0 Å². The quantitative estimate of drug-likeness (QED) is 0.641. The predicted molar refractivity (Wildman–Crippen MR) is 104 cm³/mol. The molecule has 9 heteroatoms. The zero-order valence-electron chi connectivity index (χ0n) is 16.5. The number of rotatable bonds is 7. The van der Waals surface area contributed by atoms with Gasteiger partial charge in [-0.25, -0.2) is 17.2 Å². The molecule has 0 bridgehead atoms. The maximum atomic E-state index is 13.4. The van der Waals surface area contributed by atoms with Gasteiger partial charge in [0.05, 0.1) is 17.5 Å². The van der Waals surface area contributed by atoms with Gasteiger partial charge < -0.3 is 4.90 Å². The van der Waals surface area contributed by atoms with Crippen molar-refractivity contribution in [3.8, 4) is 0 Å². The number of nitrogens with zero attached hydrogens (tertiary/aromatic N) is 2. The highest BCUT2D eigenvalue weighted by Crippen LogP contribution is 2.22. The first-order valence-electron chi connectivity index (χ1n) is 8.73. The van der Waals surface area contributed by atoms with Gasteiger partial charge in [0.25, 0.3) is 0 Å². The highest BCUT2D eigenvalue weighted by atomic mass is 32.2. The van der Waals surface area contributed by atoms with Gasteiger partial charge >= 0.3 is 0 Å². The Morgan fingerprint density at radius 1 is 1.00 bits per heavy atom. The van der Waals surface area contributed by atoms with Crippen molar-refractivity contribution in [1.82, 2.24) is 9.21 Å². The molecule has 0 spiro atoms. The van der Waals surface area contributed by atoms with Gasteiger partial charge in [-0.15, -0.1) is 0 Å². The minimum Gasteiger partial charge on any atom is -0.338 e. The van der Waals surface area contributed by atoms with Crippen LogP contribution in [0.4, 0.5) is 8.78 Å². The summed E-state index contributed by atoms with van der Waals surface area (Å²) in [7, 11) is -1.23. The third-order valence-corrected chi connectivity index (χ3v) is 6.54. The summed E-state index contributed by atoms with van der Waals surface area (Å²) in [4.78, 5) is 25.1. The van der Waals surface area contributed by atoms with Gasteiger partial charge in [-0.05, 0) is 43.7 Å². The minimum absolute atomic E-state index is 0.0471. The Balaban J connectivity index is 2.13. The van der Waals surface area contributed by atoms with Crippen molar-refractivity contribution in [3.05, 3.63) is 65.2 Å². The minimum atomic E-state index is -3.95. The Morgan fingerprint density at radius 2 is 1.59 bits per heavy atom. The lowest BCUT2D eigenvalue weighted by Crippen LogP contribution is -2.40. The second kappa shape index (κ2) is 8.79. The van der Waals surface area contributed by atoms with Crippen molar-refractivity contribution >= 4 is 21.7 Å². The summed E-state index contributed by atoms with van der Waals surface area (Å²) in [6, 6.07) is 8.17. The van der Waals surface area contributed by atoms with Crippen LogP contribution in [0.15, 0.2) is 47.4 Å². The summed E-state index contributed by atoms with van der Waals surface area (Å²) in [5.41, 5.74) is 0.757. The highest BCUT2D eigenvalue weighted by Gasteiger charge is 2.26. The molecule has 0 aliphatic heterocycles. The number of hydrogen-bond acceptors (Lipinski definition) is 4. The van der Waals surface area contributed by atoms with Crippen LogP contribution in [0.25, 0.3) is 0 Å². The normalized spacial score (nSPS) is 12.7. The lowest BCUT2D eigenvalue weighted by atomic mass is 10.1. The van der Waals surface area contributed by atoms with Crippen LogP contribution in [0.2, 0.25) is 0 Å². The summed E-state index contributed by atoms with van der Waals surface area (Å²) < 4.78 is 52.8. The van der Waals surface area contributed by atoms with E-state index >= 15 is 0 Å². The zero-order chi connectivity index (χ0) is 21.9. The van der Waals surface area contributed by atoms with E-state index in [4.69, 9.17) is 0 Å². The van der Waals surface area contributed by atoms with Gasteiger partial charge in [-0.1, -0.05) is 18.2 Å². The number of benzene rings is 2. The molecule has 0 heterocycles. The highest BCUT2D eigenvalue weighted by molar-refractivity contribution is 7.89. The molecule has 1 unspecified atom stereocenters. The average molecular weight is 424 g/mol. The number of likely N-dealkylation sites (N-methyl/N-ethyl adjacent to an activating group) is 2. The number of halogens is 2. The third-order valence-electron chi connectivity index (χ3n) is 4.73. The van der Waals surface area contributed by atoms with Gasteiger partial charge in [0.2, 0.25) is 15.9 Å². The zero-order valence-corrected chi connectivity index (χ0v) is 17.3. The molecule has 29 heavy (non-hydrogen) atoms. The Morgan fingerprint density at radius 3 is 2.10 bits per heavy atom. The predicted octanol–water partition coefficient (Wildman–Crippen LogP) is 3.01. The molecule has 2 rings (SSSR count). The van der Waals surface area contributed by atoms with Crippen LogP contribution in [0.5, 0.6) is 0 Å². The molecule has 0 aromatic heterocycles. The van der Waals surface area contributed by atoms with Crippen molar-refractivity contribution in [2.45, 2.75) is 24.8 Å². The summed E-state index contributed by atoms with van der Waals surface area (Å²) in [6.07, 6.45) is 0. The van der Waals surface area contributed by atoms with E-state index in [-0.39, 0.29) is 10.7 Å². The molecular formula is C20H22F2N2O4S. The number of carbonyl (C=O) groups excluding carboxylic acids is 2. The van der Waals surface area contributed by atoms with Crippen LogP contribution in [0.1, 0.15) is 35.8 Å². The van der Waals surface area contributed by atoms with Crippen LogP contribution >= 0.6 is 0 Å². The van der Waals surface area contributed by atoms with Crippen molar-refractivity contribution in [2.24, 2.45) is 0 Å². The van der Waals surface area contributed by atoms with E-state index in [2.05, 4.69) is 0 Å². The number of hydrogen-bond donors (Lipinski definition) is 0. The number of ketones is 1. The van der Waals surface area contributed by atoms with Gasteiger partial charge in [-0.2, -0.15) is 4.31 Å². The molecule has 156 valence electrons. The molecule has 0 fully saturated rings. The number of carbonyl (C=O) groups is 2. The smallest absolute Gasteiger partial charge is 0.243 e. The van der Waals surface area contributed by atoms with Gasteiger partial charge in [0.1, 0.15) is 0 Å². The molecule has 1 atom stereocenters. The fourth-order valence-corrected chi connectivity index (χ4v) is 3.76. The maximum absolute atomic E-state index is 13.4. The van der Waals surface area contributed by atoms with Crippen molar-refractivity contribution in [2.75, 3.05) is 20.6 Å². The molecule has 0 aliphatic rings. The first kappa shape index (κ1) is 22.6. The lowest BCUT2D eigenvalue weighted by molar-refractivity contribution is -0.131. The van der Waals surface area contributed by atoms with E-state index in [0.717, 1.165) is 16.4 Å². The second-order valence-corrected chi connectivity index (χ2v) is 8.74. The molecular weight excluding hydrogens is 402 g/mol. The average Bonchev–Trinajstić information content (AvgIpc) is 2.68. The third kappa shape index (κ3) is 5.04. The fourth-order valence-electron chi connectivity index (χ4n) is 2.64. The molecule has 0 saturated carbocycles. The first-order valence-corrected chi connectivity index (χ1v) is 10.2. The van der Waals surface area contributed by atoms with E-state index < -0.39 is 40.2 Å². The van der Waals surface area contributed by atoms with Gasteiger partial charge in [0.15, 0.2) is 17.4 Å². The Hall–Kier alpha value is -2.65. The second-order valence-electron chi connectivity index (χ2n) is 6.70. The van der Waals surface area contributed by atoms with Crippen LogP contribution in [0, 0.1) is 11.6 Å². The largest absolute Gasteiger partial charge is 0.338 e. The standard InChI is InChI=1S/C20H22F2N2O4S/c1-13(16-7-10-18(21)19(22)11-16)24(4)20(26)12-23(3)29(27,28)17-8-5-15(6-9-17)14(2)25/h5-11,13H,12H2,1-4H3. The first-order chi connectivity index (χ1) is 13.4.